The molecule has 2 aromatic carbocycles. The molecule has 0 heterocycles. The number of anilines is 1. The number of carbonyl (C=O) groups excluding carboxylic acids is 1. The fourth-order valence-corrected chi connectivity index (χ4v) is 2.99. The second-order valence-corrected chi connectivity index (χ2v) is 6.43. The Morgan fingerprint density at radius 1 is 0.885 bits per heavy atom. The number of benzene rings is 2. The first-order valence-corrected chi connectivity index (χ1v) is 8.56. The van der Waals surface area contributed by atoms with Gasteiger partial charge < -0.3 is 19.1 Å². The lowest BCUT2D eigenvalue weighted by molar-refractivity contribution is -0.120. The third kappa shape index (κ3) is 4.10. The topological polar surface area (TPSA) is 48.0 Å². The SMILES string of the molecule is COc1ccc(C(C(=O)N(C)c2ccc(OC)c(OC)c2)C(C)C)cc1. The smallest absolute Gasteiger partial charge is 0.234 e. The molecule has 1 amide bonds. The maximum Gasteiger partial charge on any atom is 0.234 e. The first kappa shape index (κ1) is 19.6. The van der Waals surface area contributed by atoms with Crippen molar-refractivity contribution >= 4 is 11.6 Å². The summed E-state index contributed by atoms with van der Waals surface area (Å²) in [4.78, 5) is 14.9. The normalized spacial score (nSPS) is 11.8. The lowest BCUT2D eigenvalue weighted by Crippen LogP contribution is -2.34. The van der Waals surface area contributed by atoms with Crippen molar-refractivity contribution in [2.75, 3.05) is 33.3 Å². The third-order valence-electron chi connectivity index (χ3n) is 4.49. The van der Waals surface area contributed by atoms with Crippen molar-refractivity contribution in [2.24, 2.45) is 5.92 Å². The molecule has 0 saturated carbocycles. The lowest BCUT2D eigenvalue weighted by atomic mass is 9.87. The van der Waals surface area contributed by atoms with Gasteiger partial charge in [0.2, 0.25) is 5.91 Å². The van der Waals surface area contributed by atoms with Crippen molar-refractivity contribution in [2.45, 2.75) is 19.8 Å². The highest BCUT2D eigenvalue weighted by Crippen LogP contribution is 2.34. The van der Waals surface area contributed by atoms with Crippen LogP contribution < -0.4 is 19.1 Å². The molecular weight excluding hydrogens is 330 g/mol. The van der Waals surface area contributed by atoms with Gasteiger partial charge in [-0.3, -0.25) is 4.79 Å². The van der Waals surface area contributed by atoms with Gasteiger partial charge in [-0.25, -0.2) is 0 Å². The van der Waals surface area contributed by atoms with E-state index in [1.165, 1.54) is 0 Å². The molecule has 0 saturated heterocycles. The maximum atomic E-state index is 13.2. The number of carbonyl (C=O) groups is 1. The van der Waals surface area contributed by atoms with Crippen molar-refractivity contribution < 1.29 is 19.0 Å². The van der Waals surface area contributed by atoms with E-state index in [2.05, 4.69) is 13.8 Å². The van der Waals surface area contributed by atoms with Crippen molar-refractivity contribution in [3.63, 3.8) is 0 Å². The Hall–Kier alpha value is -2.69. The zero-order chi connectivity index (χ0) is 19.3. The van der Waals surface area contributed by atoms with E-state index in [1.54, 1.807) is 39.3 Å². The van der Waals surface area contributed by atoms with Crippen LogP contribution in [0, 0.1) is 5.92 Å². The number of ether oxygens (including phenoxy) is 3. The molecule has 0 aliphatic rings. The number of hydrogen-bond donors (Lipinski definition) is 0. The van der Waals surface area contributed by atoms with E-state index >= 15 is 0 Å². The number of hydrogen-bond acceptors (Lipinski definition) is 4. The Bertz CT molecular complexity index is 740. The molecule has 2 rings (SSSR count). The van der Waals surface area contributed by atoms with Gasteiger partial charge in [0.05, 0.1) is 27.2 Å². The van der Waals surface area contributed by atoms with Gasteiger partial charge in [-0.15, -0.1) is 0 Å². The van der Waals surface area contributed by atoms with Gasteiger partial charge in [0.15, 0.2) is 11.5 Å². The second kappa shape index (κ2) is 8.61. The van der Waals surface area contributed by atoms with E-state index in [9.17, 15) is 4.79 Å². The van der Waals surface area contributed by atoms with Crippen LogP contribution in [0.25, 0.3) is 0 Å². The van der Waals surface area contributed by atoms with E-state index in [4.69, 9.17) is 14.2 Å². The van der Waals surface area contributed by atoms with Crippen LogP contribution in [0.4, 0.5) is 5.69 Å². The molecule has 0 aliphatic heterocycles. The fourth-order valence-electron chi connectivity index (χ4n) is 2.99. The molecule has 0 radical (unpaired) electrons. The summed E-state index contributed by atoms with van der Waals surface area (Å²) in [6, 6.07) is 13.1. The minimum Gasteiger partial charge on any atom is -0.497 e. The van der Waals surface area contributed by atoms with Crippen LogP contribution in [0.5, 0.6) is 17.2 Å². The summed E-state index contributed by atoms with van der Waals surface area (Å²) in [6.07, 6.45) is 0. The van der Waals surface area contributed by atoms with Crippen LogP contribution in [-0.2, 0) is 4.79 Å². The Morgan fingerprint density at radius 3 is 2.00 bits per heavy atom. The van der Waals surface area contributed by atoms with Crippen LogP contribution in [0.2, 0.25) is 0 Å². The van der Waals surface area contributed by atoms with E-state index < -0.39 is 0 Å². The summed E-state index contributed by atoms with van der Waals surface area (Å²) in [5, 5.41) is 0. The average molecular weight is 357 g/mol. The van der Waals surface area contributed by atoms with E-state index in [-0.39, 0.29) is 17.7 Å². The van der Waals surface area contributed by atoms with Gasteiger partial charge in [-0.05, 0) is 35.7 Å². The quantitative estimate of drug-likeness (QED) is 0.748. The van der Waals surface area contributed by atoms with Gasteiger partial charge in [0.1, 0.15) is 5.75 Å². The Labute approximate surface area is 155 Å². The number of likely N-dealkylation sites (N-methyl/N-ethyl adjacent to an activating group) is 1. The molecule has 0 aromatic heterocycles. The minimum atomic E-state index is -0.251. The predicted molar refractivity (Wildman–Crippen MR) is 104 cm³/mol. The molecule has 5 nitrogen and oxygen atoms in total. The van der Waals surface area contributed by atoms with Gasteiger partial charge in [-0.2, -0.15) is 0 Å². The zero-order valence-corrected chi connectivity index (χ0v) is 16.3. The third-order valence-corrected chi connectivity index (χ3v) is 4.49. The largest absolute Gasteiger partial charge is 0.497 e. The predicted octanol–water partition coefficient (Wildman–Crippen LogP) is 4.12. The number of amides is 1. The molecule has 26 heavy (non-hydrogen) atoms. The standard InChI is InChI=1S/C21H27NO4/c1-14(2)20(15-7-10-17(24-4)11-8-15)21(23)22(3)16-9-12-18(25-5)19(13-16)26-6/h7-14,20H,1-6H3. The van der Waals surface area contributed by atoms with Gasteiger partial charge >= 0.3 is 0 Å². The average Bonchev–Trinajstić information content (AvgIpc) is 2.67. The van der Waals surface area contributed by atoms with E-state index in [0.717, 1.165) is 17.0 Å². The number of methoxy groups -OCH3 is 3. The molecule has 0 bridgehead atoms. The van der Waals surface area contributed by atoms with Crippen molar-refractivity contribution in [1.29, 1.82) is 0 Å². The van der Waals surface area contributed by atoms with Crippen LogP contribution >= 0.6 is 0 Å². The molecule has 0 aliphatic carbocycles. The van der Waals surface area contributed by atoms with Gasteiger partial charge in [-0.1, -0.05) is 26.0 Å². The molecule has 0 N–H and O–H groups in total. The first-order chi connectivity index (χ1) is 12.4. The highest BCUT2D eigenvalue weighted by Gasteiger charge is 2.28. The van der Waals surface area contributed by atoms with Crippen molar-refractivity contribution in [3.05, 3.63) is 48.0 Å². The number of nitrogens with zero attached hydrogens (tertiary/aromatic N) is 1. The van der Waals surface area contributed by atoms with E-state index in [0.29, 0.717) is 11.5 Å². The summed E-state index contributed by atoms with van der Waals surface area (Å²) in [7, 11) is 6.58. The highest BCUT2D eigenvalue weighted by atomic mass is 16.5. The van der Waals surface area contributed by atoms with Crippen LogP contribution in [0.3, 0.4) is 0 Å². The molecule has 5 heteroatoms. The Morgan fingerprint density at radius 2 is 1.50 bits per heavy atom. The monoisotopic (exact) mass is 357 g/mol. The molecule has 0 fully saturated rings. The van der Waals surface area contributed by atoms with Crippen LogP contribution in [-0.4, -0.2) is 34.3 Å². The Kier molecular flexibility index (Phi) is 6.50. The highest BCUT2D eigenvalue weighted by molar-refractivity contribution is 5.98. The van der Waals surface area contributed by atoms with Crippen molar-refractivity contribution in [1.82, 2.24) is 0 Å². The zero-order valence-electron chi connectivity index (χ0n) is 16.3. The molecular formula is C21H27NO4. The summed E-state index contributed by atoms with van der Waals surface area (Å²) < 4.78 is 15.8. The number of rotatable bonds is 7. The van der Waals surface area contributed by atoms with Gasteiger partial charge in [0.25, 0.3) is 0 Å². The lowest BCUT2D eigenvalue weighted by Gasteiger charge is -2.27. The molecule has 0 spiro atoms. The molecule has 1 unspecified atom stereocenters. The summed E-state index contributed by atoms with van der Waals surface area (Å²) in [5.74, 6) is 1.93. The summed E-state index contributed by atoms with van der Waals surface area (Å²) in [5.41, 5.74) is 1.73. The molecule has 1 atom stereocenters. The maximum absolute atomic E-state index is 13.2. The molecule has 2 aromatic rings. The van der Waals surface area contributed by atoms with Crippen molar-refractivity contribution in [3.8, 4) is 17.2 Å². The minimum absolute atomic E-state index is 0.0254. The van der Waals surface area contributed by atoms with Crippen LogP contribution in [0.1, 0.15) is 25.3 Å². The van der Waals surface area contributed by atoms with Gasteiger partial charge in [0, 0.05) is 18.8 Å². The second-order valence-electron chi connectivity index (χ2n) is 6.43. The Balaban J connectivity index is 2.33. The fraction of sp³-hybridized carbons (Fsp3) is 0.381. The molecule has 140 valence electrons. The van der Waals surface area contributed by atoms with E-state index in [1.807, 2.05) is 36.4 Å². The first-order valence-electron chi connectivity index (χ1n) is 8.56. The summed E-state index contributed by atoms with van der Waals surface area (Å²) in [6.45, 7) is 4.10. The summed E-state index contributed by atoms with van der Waals surface area (Å²) >= 11 is 0. The van der Waals surface area contributed by atoms with Crippen LogP contribution in [0.15, 0.2) is 42.5 Å².